The van der Waals surface area contributed by atoms with Crippen molar-refractivity contribution < 1.29 is 14.4 Å². The molecule has 142 valence electrons. The van der Waals surface area contributed by atoms with E-state index >= 15 is 0 Å². The van der Waals surface area contributed by atoms with Gasteiger partial charge in [0, 0.05) is 24.9 Å². The number of hydrogen-bond acceptors (Lipinski definition) is 4. The summed E-state index contributed by atoms with van der Waals surface area (Å²) in [4.78, 5) is 42.3. The van der Waals surface area contributed by atoms with Gasteiger partial charge in [0.1, 0.15) is 0 Å². The fourth-order valence-corrected chi connectivity index (χ4v) is 4.69. The molecule has 2 heterocycles. The van der Waals surface area contributed by atoms with Crippen LogP contribution in [0.3, 0.4) is 0 Å². The molecule has 1 fully saturated rings. The Hall–Kier alpha value is -2.77. The minimum Gasteiger partial charge on any atom is -0.315 e. The maximum absolute atomic E-state index is 12.7. The molecule has 2 aromatic carbocycles. The number of fused-ring (bicyclic) bond motifs is 1. The Kier molecular flexibility index (Phi) is 4.87. The van der Waals surface area contributed by atoms with Gasteiger partial charge in [-0.2, -0.15) is 4.99 Å². The van der Waals surface area contributed by atoms with Crippen LogP contribution in [-0.4, -0.2) is 22.3 Å². The van der Waals surface area contributed by atoms with Crippen molar-refractivity contribution in [2.45, 2.75) is 26.3 Å². The summed E-state index contributed by atoms with van der Waals surface area (Å²) in [5.74, 6) is -0.838. The minimum absolute atomic E-state index is 0.222. The van der Waals surface area contributed by atoms with Gasteiger partial charge < -0.3 is 4.57 Å². The van der Waals surface area contributed by atoms with Crippen LogP contribution in [0, 0.1) is 0 Å². The SMILES string of the molecule is CCn1c(=NC(=O)c2ccc(N3C(=O)CCC3=O)cc2)sc2cccc(Cl)c21. The van der Waals surface area contributed by atoms with Gasteiger partial charge in [0.15, 0.2) is 4.80 Å². The highest BCUT2D eigenvalue weighted by Crippen LogP contribution is 2.26. The first-order valence-corrected chi connectivity index (χ1v) is 10.0. The van der Waals surface area contributed by atoms with E-state index in [0.717, 1.165) is 15.1 Å². The van der Waals surface area contributed by atoms with Gasteiger partial charge in [0.25, 0.3) is 5.91 Å². The number of rotatable bonds is 3. The second-order valence-corrected chi connectivity index (χ2v) is 7.72. The van der Waals surface area contributed by atoms with Crippen molar-refractivity contribution in [1.82, 2.24) is 4.57 Å². The molecule has 0 spiro atoms. The number of nitrogens with zero attached hydrogens (tertiary/aromatic N) is 3. The molecule has 1 aliphatic rings. The van der Waals surface area contributed by atoms with Crippen LogP contribution in [0.5, 0.6) is 0 Å². The van der Waals surface area contributed by atoms with E-state index < -0.39 is 5.91 Å². The average molecular weight is 414 g/mol. The van der Waals surface area contributed by atoms with Crippen molar-refractivity contribution in [2.24, 2.45) is 4.99 Å². The molecular formula is C20H16ClN3O3S. The van der Waals surface area contributed by atoms with Gasteiger partial charge in [0.05, 0.1) is 20.9 Å². The molecule has 1 aromatic heterocycles. The summed E-state index contributed by atoms with van der Waals surface area (Å²) in [5.41, 5.74) is 1.72. The van der Waals surface area contributed by atoms with Crippen LogP contribution in [0.4, 0.5) is 5.69 Å². The number of anilines is 1. The molecule has 3 aromatic rings. The third kappa shape index (κ3) is 3.16. The molecule has 0 unspecified atom stereocenters. The molecule has 0 saturated carbocycles. The summed E-state index contributed by atoms with van der Waals surface area (Å²) >= 11 is 7.71. The number of amides is 3. The maximum atomic E-state index is 12.7. The Labute approximate surface area is 169 Å². The molecule has 1 saturated heterocycles. The quantitative estimate of drug-likeness (QED) is 0.613. The van der Waals surface area contributed by atoms with Gasteiger partial charge in [-0.05, 0) is 43.3 Å². The van der Waals surface area contributed by atoms with Crippen molar-refractivity contribution in [3.05, 3.63) is 57.9 Å². The van der Waals surface area contributed by atoms with Crippen molar-refractivity contribution in [3.63, 3.8) is 0 Å². The lowest BCUT2D eigenvalue weighted by Gasteiger charge is -2.13. The number of aryl methyl sites for hydroxylation is 1. The second kappa shape index (κ2) is 7.33. The fraction of sp³-hybridized carbons (Fsp3) is 0.200. The molecule has 4 rings (SSSR count). The van der Waals surface area contributed by atoms with Crippen LogP contribution < -0.4 is 9.70 Å². The molecule has 1 aliphatic heterocycles. The second-order valence-electron chi connectivity index (χ2n) is 6.30. The predicted molar refractivity (Wildman–Crippen MR) is 109 cm³/mol. The van der Waals surface area contributed by atoms with E-state index in [9.17, 15) is 14.4 Å². The zero-order chi connectivity index (χ0) is 19.8. The van der Waals surface area contributed by atoms with Gasteiger partial charge in [-0.3, -0.25) is 19.3 Å². The van der Waals surface area contributed by atoms with Crippen LogP contribution >= 0.6 is 22.9 Å². The van der Waals surface area contributed by atoms with E-state index in [4.69, 9.17) is 11.6 Å². The number of aromatic nitrogens is 1. The van der Waals surface area contributed by atoms with E-state index in [0.29, 0.717) is 27.6 Å². The molecule has 0 N–H and O–H groups in total. The lowest BCUT2D eigenvalue weighted by atomic mass is 10.2. The molecule has 8 heteroatoms. The van der Waals surface area contributed by atoms with E-state index in [1.807, 2.05) is 29.7 Å². The number of hydrogen-bond donors (Lipinski definition) is 0. The maximum Gasteiger partial charge on any atom is 0.279 e. The molecule has 28 heavy (non-hydrogen) atoms. The molecule has 0 bridgehead atoms. The van der Waals surface area contributed by atoms with Crippen molar-refractivity contribution in [1.29, 1.82) is 0 Å². The van der Waals surface area contributed by atoms with E-state index in [-0.39, 0.29) is 24.7 Å². The predicted octanol–water partition coefficient (Wildman–Crippen LogP) is 3.77. The number of carbonyl (C=O) groups excluding carboxylic acids is 3. The number of carbonyl (C=O) groups is 3. The van der Waals surface area contributed by atoms with Gasteiger partial charge in [0.2, 0.25) is 11.8 Å². The third-order valence-electron chi connectivity index (χ3n) is 4.59. The van der Waals surface area contributed by atoms with Crippen molar-refractivity contribution in [3.8, 4) is 0 Å². The lowest BCUT2D eigenvalue weighted by molar-refractivity contribution is -0.121. The van der Waals surface area contributed by atoms with Gasteiger partial charge >= 0.3 is 0 Å². The zero-order valence-corrected chi connectivity index (χ0v) is 16.6. The highest BCUT2D eigenvalue weighted by molar-refractivity contribution is 7.16. The van der Waals surface area contributed by atoms with Crippen molar-refractivity contribution >= 4 is 56.6 Å². The van der Waals surface area contributed by atoms with Gasteiger partial charge in [-0.25, -0.2) is 0 Å². The molecule has 0 aliphatic carbocycles. The summed E-state index contributed by atoms with van der Waals surface area (Å²) in [7, 11) is 0. The first-order chi connectivity index (χ1) is 13.5. The van der Waals surface area contributed by atoms with E-state index in [1.165, 1.54) is 11.3 Å². The Bertz CT molecular complexity index is 1160. The number of imide groups is 1. The molecule has 3 amide bonds. The van der Waals surface area contributed by atoms with Crippen LogP contribution in [0.2, 0.25) is 5.02 Å². The largest absolute Gasteiger partial charge is 0.315 e. The van der Waals surface area contributed by atoms with Crippen LogP contribution in [0.15, 0.2) is 47.5 Å². The Balaban J connectivity index is 1.69. The van der Waals surface area contributed by atoms with E-state index in [1.54, 1.807) is 24.3 Å². The number of benzene rings is 2. The first kappa shape index (κ1) is 18.6. The monoisotopic (exact) mass is 413 g/mol. The van der Waals surface area contributed by atoms with Crippen LogP contribution in [-0.2, 0) is 16.1 Å². The third-order valence-corrected chi connectivity index (χ3v) is 5.94. The van der Waals surface area contributed by atoms with Gasteiger partial charge in [-0.15, -0.1) is 0 Å². The standard InChI is InChI=1S/C20H16ClN3O3S/c1-2-23-18-14(21)4-3-5-15(18)28-20(23)22-19(27)12-6-8-13(9-7-12)24-16(25)10-11-17(24)26/h3-9H,2,10-11H2,1H3. The highest BCUT2D eigenvalue weighted by atomic mass is 35.5. The summed E-state index contributed by atoms with van der Waals surface area (Å²) in [6.45, 7) is 2.60. The van der Waals surface area contributed by atoms with Crippen LogP contribution in [0.25, 0.3) is 10.2 Å². The summed E-state index contributed by atoms with van der Waals surface area (Å²) in [6.07, 6.45) is 0.445. The Morgan fingerprint density at radius 3 is 2.43 bits per heavy atom. The smallest absolute Gasteiger partial charge is 0.279 e. The Morgan fingerprint density at radius 2 is 1.79 bits per heavy atom. The van der Waals surface area contributed by atoms with E-state index in [2.05, 4.69) is 4.99 Å². The molecular weight excluding hydrogens is 398 g/mol. The Morgan fingerprint density at radius 1 is 1.11 bits per heavy atom. The normalized spacial score (nSPS) is 15.1. The summed E-state index contributed by atoms with van der Waals surface area (Å²) in [6, 6.07) is 12.0. The highest BCUT2D eigenvalue weighted by Gasteiger charge is 2.30. The number of thiazole rings is 1. The minimum atomic E-state index is -0.393. The summed E-state index contributed by atoms with van der Waals surface area (Å²) in [5, 5.41) is 0.619. The average Bonchev–Trinajstić information content (AvgIpc) is 3.21. The topological polar surface area (TPSA) is 71.7 Å². The first-order valence-electron chi connectivity index (χ1n) is 8.82. The fourth-order valence-electron chi connectivity index (χ4n) is 3.23. The lowest BCUT2D eigenvalue weighted by Crippen LogP contribution is -2.28. The zero-order valence-electron chi connectivity index (χ0n) is 15.0. The number of para-hydroxylation sites is 1. The van der Waals surface area contributed by atoms with Gasteiger partial charge in [-0.1, -0.05) is 29.0 Å². The number of halogens is 1. The van der Waals surface area contributed by atoms with Crippen LogP contribution in [0.1, 0.15) is 30.1 Å². The molecule has 0 atom stereocenters. The molecule has 6 nitrogen and oxygen atoms in total. The molecule has 0 radical (unpaired) electrons. The van der Waals surface area contributed by atoms with Crippen molar-refractivity contribution in [2.75, 3.05) is 4.90 Å². The summed E-state index contributed by atoms with van der Waals surface area (Å²) < 4.78 is 2.87.